The van der Waals surface area contributed by atoms with Crippen molar-refractivity contribution in [3.63, 3.8) is 0 Å². The molecule has 0 heterocycles. The van der Waals surface area contributed by atoms with Gasteiger partial charge in [-0.25, -0.2) is 0 Å². The molecular formula is C14H19Cl2NO. The summed E-state index contributed by atoms with van der Waals surface area (Å²) in [6.07, 6.45) is 2.84. The molecule has 18 heavy (non-hydrogen) atoms. The number of aliphatic hydroxyl groups is 1. The second-order valence-electron chi connectivity index (χ2n) is 5.13. The highest BCUT2D eigenvalue weighted by Gasteiger charge is 2.23. The van der Waals surface area contributed by atoms with Gasteiger partial charge in [0.15, 0.2) is 0 Å². The van der Waals surface area contributed by atoms with E-state index in [9.17, 15) is 5.11 Å². The molecule has 0 bridgehead atoms. The number of rotatable bonds is 4. The Bertz CT molecular complexity index is 411. The van der Waals surface area contributed by atoms with Crippen molar-refractivity contribution in [2.45, 2.75) is 38.3 Å². The van der Waals surface area contributed by atoms with E-state index in [1.54, 1.807) is 6.07 Å². The quantitative estimate of drug-likeness (QED) is 0.883. The van der Waals surface area contributed by atoms with Gasteiger partial charge in [-0.3, -0.25) is 0 Å². The monoisotopic (exact) mass is 287 g/mol. The Kier molecular flexibility index (Phi) is 4.91. The summed E-state index contributed by atoms with van der Waals surface area (Å²) >= 11 is 12.1. The van der Waals surface area contributed by atoms with Gasteiger partial charge in [0.2, 0.25) is 0 Å². The molecule has 1 aliphatic rings. The third-order valence-corrected chi connectivity index (χ3v) is 4.22. The Morgan fingerprint density at radius 1 is 1.39 bits per heavy atom. The van der Waals surface area contributed by atoms with Crippen LogP contribution in [0.4, 0.5) is 0 Å². The minimum atomic E-state index is -0.105. The van der Waals surface area contributed by atoms with Crippen molar-refractivity contribution in [1.29, 1.82) is 0 Å². The van der Waals surface area contributed by atoms with E-state index in [1.165, 1.54) is 0 Å². The average molecular weight is 288 g/mol. The van der Waals surface area contributed by atoms with Crippen molar-refractivity contribution in [1.82, 2.24) is 5.32 Å². The lowest BCUT2D eigenvalue weighted by molar-refractivity contribution is 0.177. The lowest BCUT2D eigenvalue weighted by Crippen LogP contribution is -2.25. The average Bonchev–Trinajstić information content (AvgIpc) is 2.72. The van der Waals surface area contributed by atoms with Crippen molar-refractivity contribution in [3.05, 3.63) is 33.8 Å². The third kappa shape index (κ3) is 3.61. The summed E-state index contributed by atoms with van der Waals surface area (Å²) in [7, 11) is 0. The molecule has 4 heteroatoms. The summed E-state index contributed by atoms with van der Waals surface area (Å²) in [5.41, 5.74) is 1.07. The van der Waals surface area contributed by atoms with Crippen molar-refractivity contribution < 1.29 is 5.11 Å². The fraction of sp³-hybridized carbons (Fsp3) is 0.571. The maximum atomic E-state index is 9.49. The van der Waals surface area contributed by atoms with Gasteiger partial charge in [0, 0.05) is 16.1 Å². The molecule has 2 nitrogen and oxygen atoms in total. The number of hydrogen-bond donors (Lipinski definition) is 2. The summed E-state index contributed by atoms with van der Waals surface area (Å²) in [6.45, 7) is 3.03. The molecule has 0 aromatic heterocycles. The van der Waals surface area contributed by atoms with E-state index < -0.39 is 0 Å². The molecule has 2 N–H and O–H groups in total. The summed E-state index contributed by atoms with van der Waals surface area (Å²) in [5.74, 6) is 0.577. The molecule has 3 unspecified atom stereocenters. The van der Waals surface area contributed by atoms with Crippen LogP contribution in [0.5, 0.6) is 0 Å². The maximum Gasteiger partial charge on any atom is 0.0543 e. The first-order chi connectivity index (χ1) is 8.56. The SMILES string of the molecule is CC(NCC1CCC(O)C1)c1ccc(Cl)cc1Cl. The Balaban J connectivity index is 1.89. The first-order valence-corrected chi connectivity index (χ1v) is 7.18. The van der Waals surface area contributed by atoms with Gasteiger partial charge < -0.3 is 10.4 Å². The fourth-order valence-electron chi connectivity index (χ4n) is 2.54. The zero-order valence-electron chi connectivity index (χ0n) is 10.5. The summed E-state index contributed by atoms with van der Waals surface area (Å²) < 4.78 is 0. The van der Waals surface area contributed by atoms with E-state index in [1.807, 2.05) is 12.1 Å². The molecule has 2 rings (SSSR count). The molecule has 3 atom stereocenters. The molecule has 0 amide bonds. The number of benzene rings is 1. The van der Waals surface area contributed by atoms with Gasteiger partial charge in [0.1, 0.15) is 0 Å². The van der Waals surface area contributed by atoms with Crippen LogP contribution in [0.3, 0.4) is 0 Å². The normalized spacial score (nSPS) is 25.3. The fourth-order valence-corrected chi connectivity index (χ4v) is 3.11. The highest BCUT2D eigenvalue weighted by Crippen LogP contribution is 2.28. The molecule has 0 aliphatic heterocycles. The molecule has 1 saturated carbocycles. The molecular weight excluding hydrogens is 269 g/mol. The lowest BCUT2D eigenvalue weighted by Gasteiger charge is -2.18. The van der Waals surface area contributed by atoms with Crippen LogP contribution in [0.15, 0.2) is 18.2 Å². The van der Waals surface area contributed by atoms with Gasteiger partial charge in [-0.2, -0.15) is 0 Å². The predicted molar refractivity (Wildman–Crippen MR) is 76.2 cm³/mol. The standard InChI is InChI=1S/C14H19Cl2NO/c1-9(13-5-3-11(15)7-14(13)16)17-8-10-2-4-12(18)6-10/h3,5,7,9-10,12,17-18H,2,4,6,8H2,1H3. The maximum absolute atomic E-state index is 9.49. The molecule has 1 fully saturated rings. The molecule has 100 valence electrons. The smallest absolute Gasteiger partial charge is 0.0543 e. The van der Waals surface area contributed by atoms with E-state index in [4.69, 9.17) is 23.2 Å². The number of halogens is 2. The van der Waals surface area contributed by atoms with Gasteiger partial charge in [-0.15, -0.1) is 0 Å². The van der Waals surface area contributed by atoms with Gasteiger partial charge in [0.05, 0.1) is 6.10 Å². The highest BCUT2D eigenvalue weighted by atomic mass is 35.5. The van der Waals surface area contributed by atoms with Gasteiger partial charge >= 0.3 is 0 Å². The zero-order chi connectivity index (χ0) is 13.1. The summed E-state index contributed by atoms with van der Waals surface area (Å²) in [5, 5.41) is 14.3. The van der Waals surface area contributed by atoms with Crippen LogP contribution in [0.25, 0.3) is 0 Å². The van der Waals surface area contributed by atoms with Gasteiger partial charge in [0.25, 0.3) is 0 Å². The Labute approximate surface area is 118 Å². The predicted octanol–water partition coefficient (Wildman–Crippen LogP) is 3.81. The summed E-state index contributed by atoms with van der Waals surface area (Å²) in [4.78, 5) is 0. The minimum Gasteiger partial charge on any atom is -0.393 e. The van der Waals surface area contributed by atoms with Crippen LogP contribution in [0, 0.1) is 5.92 Å². The molecule has 1 aromatic rings. The molecule has 1 aliphatic carbocycles. The molecule has 0 radical (unpaired) electrons. The van der Waals surface area contributed by atoms with Crippen molar-refractivity contribution in [2.24, 2.45) is 5.92 Å². The first-order valence-electron chi connectivity index (χ1n) is 6.42. The van der Waals surface area contributed by atoms with Crippen molar-refractivity contribution >= 4 is 23.2 Å². The Morgan fingerprint density at radius 2 is 2.17 bits per heavy atom. The van der Waals surface area contributed by atoms with Crippen LogP contribution in [-0.4, -0.2) is 17.8 Å². The van der Waals surface area contributed by atoms with Crippen molar-refractivity contribution in [2.75, 3.05) is 6.54 Å². The van der Waals surface area contributed by atoms with Gasteiger partial charge in [-0.1, -0.05) is 29.3 Å². The Morgan fingerprint density at radius 3 is 2.78 bits per heavy atom. The van der Waals surface area contributed by atoms with Gasteiger partial charge in [-0.05, 0) is 56.3 Å². The first kappa shape index (κ1) is 14.1. The molecule has 1 aromatic carbocycles. The third-order valence-electron chi connectivity index (χ3n) is 3.66. The zero-order valence-corrected chi connectivity index (χ0v) is 12.0. The van der Waals surface area contributed by atoms with Crippen LogP contribution in [-0.2, 0) is 0 Å². The molecule has 0 spiro atoms. The van der Waals surface area contributed by atoms with E-state index in [2.05, 4.69) is 12.2 Å². The lowest BCUT2D eigenvalue weighted by atomic mass is 10.1. The van der Waals surface area contributed by atoms with Crippen LogP contribution in [0.1, 0.15) is 37.8 Å². The Hall–Kier alpha value is -0.280. The van der Waals surface area contributed by atoms with Crippen LogP contribution < -0.4 is 5.32 Å². The van der Waals surface area contributed by atoms with Crippen molar-refractivity contribution in [3.8, 4) is 0 Å². The van der Waals surface area contributed by atoms with E-state index in [-0.39, 0.29) is 12.1 Å². The summed E-state index contributed by atoms with van der Waals surface area (Å²) in [6, 6.07) is 5.80. The highest BCUT2D eigenvalue weighted by molar-refractivity contribution is 6.35. The van der Waals surface area contributed by atoms with Crippen LogP contribution in [0.2, 0.25) is 10.0 Å². The second-order valence-corrected chi connectivity index (χ2v) is 5.97. The second kappa shape index (κ2) is 6.25. The van der Waals surface area contributed by atoms with E-state index in [0.717, 1.165) is 31.4 Å². The topological polar surface area (TPSA) is 32.3 Å². The number of aliphatic hydroxyl groups excluding tert-OH is 1. The van der Waals surface area contributed by atoms with E-state index >= 15 is 0 Å². The molecule has 0 saturated heterocycles. The van der Waals surface area contributed by atoms with Crippen LogP contribution >= 0.6 is 23.2 Å². The minimum absolute atomic E-state index is 0.105. The number of hydrogen-bond acceptors (Lipinski definition) is 2. The van der Waals surface area contributed by atoms with E-state index in [0.29, 0.717) is 16.0 Å². The largest absolute Gasteiger partial charge is 0.393 e. The number of nitrogens with one attached hydrogen (secondary N) is 1.